The predicted octanol–water partition coefficient (Wildman–Crippen LogP) is 3.24. The van der Waals surface area contributed by atoms with Crippen molar-refractivity contribution in [3.8, 4) is 0 Å². The van der Waals surface area contributed by atoms with Gasteiger partial charge < -0.3 is 14.6 Å². The van der Waals surface area contributed by atoms with E-state index in [0.29, 0.717) is 11.3 Å². The quantitative estimate of drug-likeness (QED) is 0.500. The number of hydrogen-bond acceptors (Lipinski definition) is 7. The average molecular weight is 383 g/mol. The SMILES string of the molecule is CN1C(=CC=C2C(=O)ON=C2c2ccccc2)N(C)c2nc3ccccc3nc21. The van der Waals surface area contributed by atoms with Crippen LogP contribution in [0.15, 0.2) is 83.3 Å². The van der Waals surface area contributed by atoms with E-state index in [-0.39, 0.29) is 0 Å². The van der Waals surface area contributed by atoms with Crippen molar-refractivity contribution in [2.45, 2.75) is 0 Å². The molecule has 1 aromatic heterocycles. The highest BCUT2D eigenvalue weighted by molar-refractivity contribution is 6.29. The van der Waals surface area contributed by atoms with Crippen LogP contribution in [-0.4, -0.2) is 35.7 Å². The Balaban J connectivity index is 1.54. The van der Waals surface area contributed by atoms with Crippen LogP contribution in [0.3, 0.4) is 0 Å². The number of nitrogens with zero attached hydrogens (tertiary/aromatic N) is 5. The van der Waals surface area contributed by atoms with Gasteiger partial charge in [0.25, 0.3) is 0 Å². The molecule has 142 valence electrons. The number of allylic oxidation sites excluding steroid dienone is 2. The standard InChI is InChI=1S/C22H17N5O2/c1-26-18(27(2)21-20(26)23-16-10-6-7-11-17(16)24-21)13-12-15-19(25-29-22(15)28)14-8-4-3-5-9-14/h3-13H,1-2H3. The summed E-state index contributed by atoms with van der Waals surface area (Å²) in [6.45, 7) is 0. The first-order valence-electron chi connectivity index (χ1n) is 9.15. The molecule has 3 aromatic rings. The van der Waals surface area contributed by atoms with E-state index in [9.17, 15) is 4.79 Å². The molecule has 3 heterocycles. The molecule has 2 aromatic carbocycles. The van der Waals surface area contributed by atoms with Gasteiger partial charge in [0.05, 0.1) is 16.6 Å². The van der Waals surface area contributed by atoms with Crippen LogP contribution < -0.4 is 9.80 Å². The van der Waals surface area contributed by atoms with Crippen LogP contribution in [0.1, 0.15) is 5.56 Å². The fraction of sp³-hybridized carbons (Fsp3) is 0.0909. The van der Waals surface area contributed by atoms with Gasteiger partial charge in [0.15, 0.2) is 11.6 Å². The molecule has 2 aliphatic rings. The number of aromatic nitrogens is 2. The summed E-state index contributed by atoms with van der Waals surface area (Å²) >= 11 is 0. The predicted molar refractivity (Wildman–Crippen MR) is 112 cm³/mol. The first kappa shape index (κ1) is 17.1. The summed E-state index contributed by atoms with van der Waals surface area (Å²) in [5.41, 5.74) is 3.43. The van der Waals surface area contributed by atoms with E-state index in [2.05, 4.69) is 5.16 Å². The van der Waals surface area contributed by atoms with Gasteiger partial charge in [-0.25, -0.2) is 14.8 Å². The van der Waals surface area contributed by atoms with E-state index in [1.807, 2.05) is 84.6 Å². The van der Waals surface area contributed by atoms with E-state index in [1.165, 1.54) is 0 Å². The Hall–Kier alpha value is -4.00. The number of hydrogen-bond donors (Lipinski definition) is 0. The average Bonchev–Trinajstić information content (AvgIpc) is 3.23. The van der Waals surface area contributed by atoms with Gasteiger partial charge in [0, 0.05) is 19.7 Å². The number of anilines is 2. The van der Waals surface area contributed by atoms with Gasteiger partial charge in [0.2, 0.25) is 0 Å². The van der Waals surface area contributed by atoms with Crippen molar-refractivity contribution in [2.24, 2.45) is 5.16 Å². The van der Waals surface area contributed by atoms with Gasteiger partial charge in [0.1, 0.15) is 11.5 Å². The Labute approximate surface area is 167 Å². The number of carbonyl (C=O) groups excluding carboxylic acids is 1. The summed E-state index contributed by atoms with van der Waals surface area (Å²) in [7, 11) is 3.85. The molecule has 0 aliphatic carbocycles. The Kier molecular flexibility index (Phi) is 3.87. The summed E-state index contributed by atoms with van der Waals surface area (Å²) in [6.07, 6.45) is 3.59. The Morgan fingerprint density at radius 2 is 1.41 bits per heavy atom. The lowest BCUT2D eigenvalue weighted by Gasteiger charge is -2.16. The van der Waals surface area contributed by atoms with Gasteiger partial charge in [-0.05, 0) is 24.3 Å². The molecule has 0 bridgehead atoms. The third-order valence-corrected chi connectivity index (χ3v) is 5.00. The molecule has 7 nitrogen and oxygen atoms in total. The van der Waals surface area contributed by atoms with Crippen LogP contribution >= 0.6 is 0 Å². The summed E-state index contributed by atoms with van der Waals surface area (Å²) in [5.74, 6) is 1.90. The summed E-state index contributed by atoms with van der Waals surface area (Å²) in [6, 6.07) is 17.3. The van der Waals surface area contributed by atoms with Crippen molar-refractivity contribution in [1.82, 2.24) is 9.97 Å². The number of oxime groups is 1. The molecular formula is C22H17N5O2. The van der Waals surface area contributed by atoms with Crippen LogP contribution in [0.5, 0.6) is 0 Å². The second-order valence-electron chi connectivity index (χ2n) is 6.77. The van der Waals surface area contributed by atoms with Gasteiger partial charge in [-0.15, -0.1) is 0 Å². The van der Waals surface area contributed by atoms with Crippen molar-refractivity contribution in [1.29, 1.82) is 0 Å². The van der Waals surface area contributed by atoms with Gasteiger partial charge in [-0.1, -0.05) is 47.6 Å². The second kappa shape index (κ2) is 6.56. The third kappa shape index (κ3) is 2.75. The van der Waals surface area contributed by atoms with Crippen LogP contribution in [-0.2, 0) is 9.63 Å². The fourth-order valence-electron chi connectivity index (χ4n) is 3.49. The molecule has 0 unspecified atom stereocenters. The zero-order chi connectivity index (χ0) is 20.0. The minimum atomic E-state index is -0.469. The largest absolute Gasteiger partial charge is 0.368 e. The van der Waals surface area contributed by atoms with Gasteiger partial charge in [-0.3, -0.25) is 0 Å². The van der Waals surface area contributed by atoms with E-state index in [0.717, 1.165) is 34.1 Å². The van der Waals surface area contributed by atoms with E-state index in [4.69, 9.17) is 14.8 Å². The lowest BCUT2D eigenvalue weighted by atomic mass is 10.0. The Morgan fingerprint density at radius 3 is 2.03 bits per heavy atom. The van der Waals surface area contributed by atoms with Crippen molar-refractivity contribution >= 4 is 34.4 Å². The molecule has 2 aliphatic heterocycles. The molecule has 0 atom stereocenters. The number of fused-ring (bicyclic) bond motifs is 2. The highest BCUT2D eigenvalue weighted by Gasteiger charge is 2.30. The monoisotopic (exact) mass is 383 g/mol. The number of benzene rings is 2. The topological polar surface area (TPSA) is 70.9 Å². The molecule has 0 radical (unpaired) electrons. The van der Waals surface area contributed by atoms with Crippen LogP contribution in [0.2, 0.25) is 0 Å². The van der Waals surface area contributed by atoms with Crippen molar-refractivity contribution in [2.75, 3.05) is 23.9 Å². The lowest BCUT2D eigenvalue weighted by Crippen LogP contribution is -2.22. The summed E-state index contributed by atoms with van der Waals surface area (Å²) in [4.78, 5) is 30.5. The molecule has 0 spiro atoms. The van der Waals surface area contributed by atoms with Crippen LogP contribution in [0, 0.1) is 0 Å². The number of carbonyl (C=O) groups is 1. The van der Waals surface area contributed by atoms with Crippen LogP contribution in [0.4, 0.5) is 11.6 Å². The molecule has 0 amide bonds. The minimum Gasteiger partial charge on any atom is -0.312 e. The second-order valence-corrected chi connectivity index (χ2v) is 6.77. The highest BCUT2D eigenvalue weighted by atomic mass is 16.7. The molecule has 5 rings (SSSR count). The smallest absolute Gasteiger partial charge is 0.312 e. The summed E-state index contributed by atoms with van der Waals surface area (Å²) < 4.78 is 0. The van der Waals surface area contributed by atoms with Gasteiger partial charge in [-0.2, -0.15) is 0 Å². The Morgan fingerprint density at radius 1 is 0.828 bits per heavy atom. The zero-order valence-electron chi connectivity index (χ0n) is 15.9. The molecular weight excluding hydrogens is 366 g/mol. The lowest BCUT2D eigenvalue weighted by molar-refractivity contribution is -0.136. The zero-order valence-corrected chi connectivity index (χ0v) is 15.9. The van der Waals surface area contributed by atoms with Crippen LogP contribution in [0.25, 0.3) is 11.0 Å². The van der Waals surface area contributed by atoms with Crippen molar-refractivity contribution in [3.05, 3.63) is 83.7 Å². The maximum atomic E-state index is 12.2. The van der Waals surface area contributed by atoms with Crippen molar-refractivity contribution in [3.63, 3.8) is 0 Å². The fourth-order valence-corrected chi connectivity index (χ4v) is 3.49. The normalized spacial score (nSPS) is 17.0. The molecule has 0 saturated carbocycles. The number of para-hydroxylation sites is 2. The molecule has 0 saturated heterocycles. The van der Waals surface area contributed by atoms with Gasteiger partial charge >= 0.3 is 5.97 Å². The third-order valence-electron chi connectivity index (χ3n) is 5.00. The number of rotatable bonds is 2. The first-order valence-corrected chi connectivity index (χ1v) is 9.15. The summed E-state index contributed by atoms with van der Waals surface area (Å²) in [5, 5.41) is 3.95. The first-order chi connectivity index (χ1) is 14.1. The minimum absolute atomic E-state index is 0.410. The maximum absolute atomic E-state index is 12.2. The highest BCUT2D eigenvalue weighted by Crippen LogP contribution is 2.37. The molecule has 29 heavy (non-hydrogen) atoms. The van der Waals surface area contributed by atoms with E-state index in [1.54, 1.807) is 6.08 Å². The maximum Gasteiger partial charge on any atom is 0.368 e. The Bertz CT molecular complexity index is 1180. The van der Waals surface area contributed by atoms with E-state index < -0.39 is 5.97 Å². The molecule has 0 fully saturated rings. The van der Waals surface area contributed by atoms with Crippen molar-refractivity contribution < 1.29 is 9.63 Å². The molecule has 0 N–H and O–H groups in total. The molecule has 7 heteroatoms. The van der Waals surface area contributed by atoms with E-state index >= 15 is 0 Å².